The third kappa shape index (κ3) is 2.50. The first kappa shape index (κ1) is 13.7. The highest BCUT2D eigenvalue weighted by atomic mass is 19.1. The maximum atomic E-state index is 13.1. The van der Waals surface area contributed by atoms with Crippen molar-refractivity contribution >= 4 is 5.83 Å². The second kappa shape index (κ2) is 5.08. The molecule has 0 aromatic carbocycles. The van der Waals surface area contributed by atoms with Gasteiger partial charge in [0.15, 0.2) is 0 Å². The fraction of sp³-hybridized carbons (Fsp3) is 0.455. The Labute approximate surface area is 106 Å². The lowest BCUT2D eigenvalue weighted by Crippen LogP contribution is -2.34. The summed E-state index contributed by atoms with van der Waals surface area (Å²) < 4.78 is 19.3. The van der Waals surface area contributed by atoms with Crippen molar-refractivity contribution in [1.29, 1.82) is 0 Å². The number of aliphatic hydroxyl groups excluding tert-OH is 2. The van der Waals surface area contributed by atoms with Gasteiger partial charge in [-0.25, -0.2) is 9.18 Å². The number of aromatic amines is 1. The molecule has 0 unspecified atom stereocenters. The Morgan fingerprint density at radius 3 is 2.84 bits per heavy atom. The van der Waals surface area contributed by atoms with E-state index >= 15 is 0 Å². The van der Waals surface area contributed by atoms with Gasteiger partial charge in [-0.1, -0.05) is 6.58 Å². The van der Waals surface area contributed by atoms with Crippen LogP contribution in [-0.4, -0.2) is 38.6 Å². The van der Waals surface area contributed by atoms with Gasteiger partial charge in [0, 0.05) is 12.6 Å². The molecule has 2 rings (SSSR count). The van der Waals surface area contributed by atoms with Gasteiger partial charge in [-0.05, 0) is 0 Å². The summed E-state index contributed by atoms with van der Waals surface area (Å²) in [7, 11) is 0. The van der Waals surface area contributed by atoms with Crippen LogP contribution in [0.15, 0.2) is 22.4 Å². The Morgan fingerprint density at radius 1 is 1.63 bits per heavy atom. The van der Waals surface area contributed by atoms with Gasteiger partial charge in [0.05, 0.1) is 18.3 Å². The van der Waals surface area contributed by atoms with E-state index in [2.05, 4.69) is 6.58 Å². The molecule has 8 heteroatoms. The summed E-state index contributed by atoms with van der Waals surface area (Å²) in [5.74, 6) is -0.979. The van der Waals surface area contributed by atoms with E-state index in [1.807, 2.05) is 4.98 Å². The van der Waals surface area contributed by atoms with Crippen LogP contribution in [0.25, 0.3) is 5.83 Å². The molecule has 0 spiro atoms. The van der Waals surface area contributed by atoms with E-state index in [-0.39, 0.29) is 12.0 Å². The second-order valence-corrected chi connectivity index (χ2v) is 4.23. The number of nitrogens with one attached hydrogen (secondary N) is 1. The summed E-state index contributed by atoms with van der Waals surface area (Å²) in [6, 6.07) is 0. The third-order valence-electron chi connectivity index (χ3n) is 2.95. The molecule has 0 bridgehead atoms. The van der Waals surface area contributed by atoms with Crippen LogP contribution in [0.3, 0.4) is 0 Å². The SMILES string of the molecule is C=C(F)c1cn([C@@H]2C[C@@H](O)[C@H](CO)O2)c(=O)[nH]c1=O. The van der Waals surface area contributed by atoms with Gasteiger partial charge < -0.3 is 14.9 Å². The predicted molar refractivity (Wildman–Crippen MR) is 63.1 cm³/mol. The summed E-state index contributed by atoms with van der Waals surface area (Å²) >= 11 is 0. The Morgan fingerprint density at radius 2 is 2.32 bits per heavy atom. The minimum absolute atomic E-state index is 0.0510. The zero-order valence-corrected chi connectivity index (χ0v) is 9.88. The number of H-pyrrole nitrogens is 1. The molecule has 3 atom stereocenters. The van der Waals surface area contributed by atoms with Crippen LogP contribution in [0.4, 0.5) is 4.39 Å². The molecule has 0 aliphatic carbocycles. The average molecular weight is 272 g/mol. The van der Waals surface area contributed by atoms with Crippen molar-refractivity contribution < 1.29 is 19.3 Å². The number of hydrogen-bond acceptors (Lipinski definition) is 5. The zero-order chi connectivity index (χ0) is 14.2. The normalized spacial score (nSPS) is 26.6. The zero-order valence-electron chi connectivity index (χ0n) is 9.88. The van der Waals surface area contributed by atoms with Gasteiger partial charge >= 0.3 is 5.69 Å². The maximum Gasteiger partial charge on any atom is 0.330 e. The summed E-state index contributed by atoms with van der Waals surface area (Å²) in [6.07, 6.45) is -1.60. The molecule has 2 heterocycles. The molecule has 19 heavy (non-hydrogen) atoms. The van der Waals surface area contributed by atoms with Crippen LogP contribution in [-0.2, 0) is 4.74 Å². The molecular formula is C11H13FN2O5. The van der Waals surface area contributed by atoms with Crippen molar-refractivity contribution in [2.24, 2.45) is 0 Å². The van der Waals surface area contributed by atoms with Gasteiger partial charge in [-0.3, -0.25) is 14.3 Å². The van der Waals surface area contributed by atoms with Gasteiger partial charge in [0.25, 0.3) is 5.56 Å². The summed E-state index contributed by atoms with van der Waals surface area (Å²) in [6.45, 7) is 2.59. The lowest BCUT2D eigenvalue weighted by atomic mass is 10.2. The quantitative estimate of drug-likeness (QED) is 0.662. The Bertz CT molecular complexity index is 608. The van der Waals surface area contributed by atoms with Crippen molar-refractivity contribution in [3.63, 3.8) is 0 Å². The standard InChI is InChI=1S/C11H13FN2O5/c1-5(12)6-3-14(11(18)13-10(6)17)9-2-7(16)8(4-15)19-9/h3,7-9,15-16H,1-2,4H2,(H,13,17,18)/t7-,8+,9+/m1/s1. The highest BCUT2D eigenvalue weighted by Gasteiger charge is 2.35. The highest BCUT2D eigenvalue weighted by molar-refractivity contribution is 5.54. The number of hydrogen-bond donors (Lipinski definition) is 3. The van der Waals surface area contributed by atoms with E-state index in [1.165, 1.54) is 0 Å². The molecule has 1 aromatic rings. The first-order chi connectivity index (χ1) is 8.93. The van der Waals surface area contributed by atoms with Crippen LogP contribution in [0.1, 0.15) is 18.2 Å². The molecule has 1 aliphatic rings. The molecule has 1 aromatic heterocycles. The molecule has 0 saturated carbocycles. The van der Waals surface area contributed by atoms with Gasteiger partial charge in [0.2, 0.25) is 0 Å². The second-order valence-electron chi connectivity index (χ2n) is 4.23. The number of nitrogens with zero attached hydrogens (tertiary/aromatic N) is 1. The van der Waals surface area contributed by atoms with Crippen molar-refractivity contribution in [3.05, 3.63) is 39.2 Å². The molecule has 1 aliphatic heterocycles. The lowest BCUT2D eigenvalue weighted by molar-refractivity contribution is -0.0459. The molecule has 1 saturated heterocycles. The van der Waals surface area contributed by atoms with E-state index in [1.54, 1.807) is 0 Å². The summed E-state index contributed by atoms with van der Waals surface area (Å²) in [4.78, 5) is 24.9. The van der Waals surface area contributed by atoms with Crippen molar-refractivity contribution in [2.45, 2.75) is 24.9 Å². The average Bonchev–Trinajstić information content (AvgIpc) is 2.69. The van der Waals surface area contributed by atoms with E-state index in [9.17, 15) is 19.1 Å². The predicted octanol–water partition coefficient (Wildman–Crippen LogP) is -0.883. The van der Waals surface area contributed by atoms with Crippen LogP contribution in [0.5, 0.6) is 0 Å². The van der Waals surface area contributed by atoms with E-state index in [0.717, 1.165) is 10.8 Å². The highest BCUT2D eigenvalue weighted by Crippen LogP contribution is 2.27. The van der Waals surface area contributed by atoms with Gasteiger partial charge in [-0.2, -0.15) is 0 Å². The van der Waals surface area contributed by atoms with Crippen LogP contribution >= 0.6 is 0 Å². The Balaban J connectivity index is 2.41. The van der Waals surface area contributed by atoms with Crippen LogP contribution < -0.4 is 11.2 Å². The van der Waals surface area contributed by atoms with Gasteiger partial charge in [0.1, 0.15) is 18.2 Å². The molecule has 0 amide bonds. The van der Waals surface area contributed by atoms with Crippen LogP contribution in [0.2, 0.25) is 0 Å². The van der Waals surface area contributed by atoms with Crippen molar-refractivity contribution in [3.8, 4) is 0 Å². The maximum absolute atomic E-state index is 13.1. The van der Waals surface area contributed by atoms with Crippen LogP contribution in [0, 0.1) is 0 Å². The molecule has 104 valence electrons. The molecule has 7 nitrogen and oxygen atoms in total. The monoisotopic (exact) mass is 272 g/mol. The number of ether oxygens (including phenoxy) is 1. The van der Waals surface area contributed by atoms with E-state index < -0.39 is 42.1 Å². The topological polar surface area (TPSA) is 105 Å². The number of aromatic nitrogens is 2. The smallest absolute Gasteiger partial charge is 0.330 e. The number of aliphatic hydroxyl groups is 2. The minimum atomic E-state index is -0.979. The molecule has 3 N–H and O–H groups in total. The summed E-state index contributed by atoms with van der Waals surface area (Å²) in [5, 5.41) is 18.5. The van der Waals surface area contributed by atoms with E-state index in [0.29, 0.717) is 0 Å². The Kier molecular flexibility index (Phi) is 3.65. The largest absolute Gasteiger partial charge is 0.394 e. The number of halogens is 1. The fourth-order valence-electron chi connectivity index (χ4n) is 1.94. The fourth-order valence-corrected chi connectivity index (χ4v) is 1.94. The minimum Gasteiger partial charge on any atom is -0.394 e. The number of rotatable bonds is 3. The molecule has 0 radical (unpaired) electrons. The summed E-state index contributed by atoms with van der Waals surface area (Å²) in [5.41, 5.74) is -2.05. The Hall–Kier alpha value is -1.77. The first-order valence-corrected chi connectivity index (χ1v) is 5.58. The first-order valence-electron chi connectivity index (χ1n) is 5.58. The van der Waals surface area contributed by atoms with Crippen molar-refractivity contribution in [2.75, 3.05) is 6.61 Å². The third-order valence-corrected chi connectivity index (χ3v) is 2.95. The van der Waals surface area contributed by atoms with E-state index in [4.69, 9.17) is 9.84 Å². The lowest BCUT2D eigenvalue weighted by Gasteiger charge is -2.14. The molecule has 1 fully saturated rings. The van der Waals surface area contributed by atoms with Crippen molar-refractivity contribution in [1.82, 2.24) is 9.55 Å². The molecular weight excluding hydrogens is 259 g/mol. The van der Waals surface area contributed by atoms with Gasteiger partial charge in [-0.15, -0.1) is 0 Å².